The number of thiophene rings is 1. The van der Waals surface area contributed by atoms with Crippen molar-refractivity contribution in [2.75, 3.05) is 7.05 Å². The monoisotopic (exact) mass is 349 g/mol. The van der Waals surface area contributed by atoms with E-state index in [2.05, 4.69) is 60.3 Å². The number of fused-ring (bicyclic) bond motifs is 1. The zero-order valence-corrected chi connectivity index (χ0v) is 14.6. The van der Waals surface area contributed by atoms with E-state index in [9.17, 15) is 0 Å². The smallest absolute Gasteiger partial charge is 0.0671 e. The summed E-state index contributed by atoms with van der Waals surface area (Å²) < 4.78 is 1.20. The summed E-state index contributed by atoms with van der Waals surface area (Å²) in [4.78, 5) is 3.06. The van der Waals surface area contributed by atoms with Crippen LogP contribution in [-0.4, -0.2) is 7.05 Å². The lowest BCUT2D eigenvalue weighted by atomic mass is 9.97. The largest absolute Gasteiger partial charge is 0.309 e. The Morgan fingerprint density at radius 2 is 1.95 bits per heavy atom. The van der Waals surface area contributed by atoms with Gasteiger partial charge in [-0.2, -0.15) is 0 Å². The molecule has 1 atom stereocenters. The van der Waals surface area contributed by atoms with Crippen LogP contribution in [0, 0.1) is 13.8 Å². The van der Waals surface area contributed by atoms with Crippen molar-refractivity contribution < 1.29 is 0 Å². The second-order valence-electron chi connectivity index (χ2n) is 5.63. The van der Waals surface area contributed by atoms with Gasteiger partial charge in [0.1, 0.15) is 0 Å². The van der Waals surface area contributed by atoms with Crippen molar-refractivity contribution in [3.05, 3.63) is 54.7 Å². The molecule has 1 heterocycles. The lowest BCUT2D eigenvalue weighted by molar-refractivity contribution is 0.697. The highest BCUT2D eigenvalue weighted by molar-refractivity contribution is 9.10. The van der Waals surface area contributed by atoms with Gasteiger partial charge >= 0.3 is 0 Å². The van der Waals surface area contributed by atoms with E-state index in [-0.39, 0.29) is 0 Å². The number of aryl methyl sites for hydroxylation is 4. The van der Waals surface area contributed by atoms with Crippen LogP contribution in [0.2, 0.25) is 0 Å². The molecule has 0 fully saturated rings. The molecule has 2 aromatic rings. The number of hydrogen-bond donors (Lipinski definition) is 1. The maximum Gasteiger partial charge on any atom is 0.0671 e. The van der Waals surface area contributed by atoms with E-state index in [1.165, 1.54) is 45.3 Å². The second-order valence-corrected chi connectivity index (χ2v) is 7.65. The van der Waals surface area contributed by atoms with Crippen molar-refractivity contribution in [1.29, 1.82) is 0 Å². The Labute approximate surface area is 133 Å². The summed E-state index contributed by atoms with van der Waals surface area (Å²) in [6.07, 6.45) is 3.87. The van der Waals surface area contributed by atoms with Gasteiger partial charge in [0, 0.05) is 14.2 Å². The van der Waals surface area contributed by atoms with Crippen molar-refractivity contribution in [3.8, 4) is 0 Å². The third-order valence-electron chi connectivity index (χ3n) is 4.20. The Morgan fingerprint density at radius 3 is 2.65 bits per heavy atom. The molecule has 1 aromatic heterocycles. The zero-order valence-electron chi connectivity index (χ0n) is 12.2. The maximum absolute atomic E-state index is 3.63. The highest BCUT2D eigenvalue weighted by atomic mass is 79.9. The average Bonchev–Trinajstić information content (AvgIpc) is 2.97. The van der Waals surface area contributed by atoms with Crippen molar-refractivity contribution in [1.82, 2.24) is 5.32 Å². The normalized spacial score (nSPS) is 15.4. The first kappa shape index (κ1) is 14.3. The standard InChI is InChI=1S/C17H20BrNS/c1-10-8-14(18)11(2)7-13(10)17(19-3)16-9-12-5-4-6-15(12)20-16/h7-9,17,19H,4-6H2,1-3H3. The summed E-state index contributed by atoms with van der Waals surface area (Å²) in [6.45, 7) is 4.36. The van der Waals surface area contributed by atoms with Crippen molar-refractivity contribution in [3.63, 3.8) is 0 Å². The third kappa shape index (κ3) is 2.47. The first-order valence-electron chi connectivity index (χ1n) is 7.15. The minimum Gasteiger partial charge on any atom is -0.309 e. The lowest BCUT2D eigenvalue weighted by Crippen LogP contribution is -2.18. The Kier molecular flexibility index (Phi) is 4.02. The molecule has 1 aliphatic rings. The molecule has 106 valence electrons. The molecule has 3 rings (SSSR count). The van der Waals surface area contributed by atoms with Gasteiger partial charge in [-0.05, 0) is 74.5 Å². The Morgan fingerprint density at radius 1 is 1.15 bits per heavy atom. The van der Waals surface area contributed by atoms with Crippen molar-refractivity contribution in [2.45, 2.75) is 39.2 Å². The molecular weight excluding hydrogens is 330 g/mol. The molecule has 20 heavy (non-hydrogen) atoms. The Balaban J connectivity index is 2.03. The van der Waals surface area contributed by atoms with Gasteiger partial charge in [-0.25, -0.2) is 0 Å². The van der Waals surface area contributed by atoms with Crippen LogP contribution in [0.1, 0.15) is 44.5 Å². The fourth-order valence-electron chi connectivity index (χ4n) is 3.06. The highest BCUT2D eigenvalue weighted by Gasteiger charge is 2.21. The van der Waals surface area contributed by atoms with Crippen LogP contribution in [0.15, 0.2) is 22.7 Å². The first-order valence-corrected chi connectivity index (χ1v) is 8.76. The SMILES string of the molecule is CNC(c1cc2c(s1)CCC2)c1cc(C)c(Br)cc1C. The molecule has 1 unspecified atom stereocenters. The van der Waals surface area contributed by atoms with E-state index in [1.807, 2.05) is 11.3 Å². The minimum absolute atomic E-state index is 0.317. The Bertz CT molecular complexity index is 623. The molecule has 0 radical (unpaired) electrons. The molecule has 0 spiro atoms. The highest BCUT2D eigenvalue weighted by Crippen LogP contribution is 2.37. The van der Waals surface area contributed by atoms with Gasteiger partial charge < -0.3 is 5.32 Å². The van der Waals surface area contributed by atoms with Gasteiger partial charge in [-0.15, -0.1) is 11.3 Å². The van der Waals surface area contributed by atoms with Crippen LogP contribution < -0.4 is 5.32 Å². The molecule has 3 heteroatoms. The van der Waals surface area contributed by atoms with Crippen molar-refractivity contribution >= 4 is 27.3 Å². The van der Waals surface area contributed by atoms with Gasteiger partial charge in [-0.3, -0.25) is 0 Å². The second kappa shape index (κ2) is 5.63. The summed E-state index contributed by atoms with van der Waals surface area (Å²) in [5, 5.41) is 3.51. The van der Waals surface area contributed by atoms with E-state index in [0.29, 0.717) is 6.04 Å². The van der Waals surface area contributed by atoms with Crippen LogP contribution in [-0.2, 0) is 12.8 Å². The summed E-state index contributed by atoms with van der Waals surface area (Å²) in [7, 11) is 2.06. The van der Waals surface area contributed by atoms with Crippen LogP contribution in [0.5, 0.6) is 0 Å². The van der Waals surface area contributed by atoms with Gasteiger partial charge in [0.2, 0.25) is 0 Å². The lowest BCUT2D eigenvalue weighted by Gasteiger charge is -2.19. The fraction of sp³-hybridized carbons (Fsp3) is 0.412. The van der Waals surface area contributed by atoms with Gasteiger partial charge in [-0.1, -0.05) is 22.0 Å². The molecule has 1 aliphatic carbocycles. The van der Waals surface area contributed by atoms with Crippen LogP contribution in [0.3, 0.4) is 0 Å². The van der Waals surface area contributed by atoms with E-state index in [1.54, 1.807) is 10.4 Å². The van der Waals surface area contributed by atoms with E-state index < -0.39 is 0 Å². The Hall–Kier alpha value is -0.640. The fourth-order valence-corrected chi connectivity index (χ4v) is 4.90. The van der Waals surface area contributed by atoms with E-state index >= 15 is 0 Å². The molecule has 0 saturated heterocycles. The number of rotatable bonds is 3. The molecule has 0 bridgehead atoms. The van der Waals surface area contributed by atoms with Gasteiger partial charge in [0.25, 0.3) is 0 Å². The summed E-state index contributed by atoms with van der Waals surface area (Å²) >= 11 is 5.62. The van der Waals surface area contributed by atoms with Crippen LogP contribution >= 0.6 is 27.3 Å². The summed E-state index contributed by atoms with van der Waals surface area (Å²) in [6, 6.07) is 7.28. The van der Waals surface area contributed by atoms with Gasteiger partial charge in [0.15, 0.2) is 0 Å². The summed E-state index contributed by atoms with van der Waals surface area (Å²) in [5.41, 5.74) is 5.62. The van der Waals surface area contributed by atoms with E-state index in [0.717, 1.165) is 0 Å². The van der Waals surface area contributed by atoms with Gasteiger partial charge in [0.05, 0.1) is 6.04 Å². The molecular formula is C17H20BrNS. The third-order valence-corrected chi connectivity index (χ3v) is 6.35. The van der Waals surface area contributed by atoms with E-state index in [4.69, 9.17) is 0 Å². The predicted molar refractivity (Wildman–Crippen MR) is 90.9 cm³/mol. The first-order chi connectivity index (χ1) is 9.60. The molecule has 0 amide bonds. The number of halogens is 1. The summed E-state index contributed by atoms with van der Waals surface area (Å²) in [5.74, 6) is 0. The molecule has 0 aliphatic heterocycles. The number of benzene rings is 1. The number of hydrogen-bond acceptors (Lipinski definition) is 2. The molecule has 1 nitrogen and oxygen atoms in total. The zero-order chi connectivity index (χ0) is 14.3. The maximum atomic E-state index is 3.63. The van der Waals surface area contributed by atoms with Crippen LogP contribution in [0.4, 0.5) is 0 Å². The average molecular weight is 350 g/mol. The quantitative estimate of drug-likeness (QED) is 0.828. The van der Waals surface area contributed by atoms with Crippen molar-refractivity contribution in [2.24, 2.45) is 0 Å². The minimum atomic E-state index is 0.317. The topological polar surface area (TPSA) is 12.0 Å². The van der Waals surface area contributed by atoms with Crippen LogP contribution in [0.25, 0.3) is 0 Å². The molecule has 1 N–H and O–H groups in total. The molecule has 1 aromatic carbocycles. The predicted octanol–water partition coefficient (Wildman–Crippen LogP) is 4.92. The number of nitrogens with one attached hydrogen (secondary N) is 1. The molecule has 0 saturated carbocycles.